The summed E-state index contributed by atoms with van der Waals surface area (Å²) in [6.45, 7) is 1.02. The van der Waals surface area contributed by atoms with Crippen LogP contribution in [0.5, 0.6) is 0 Å². The second-order valence-corrected chi connectivity index (χ2v) is 4.49. The van der Waals surface area contributed by atoms with Crippen LogP contribution >= 0.6 is 11.6 Å². The highest BCUT2D eigenvalue weighted by Gasteiger charge is 2.19. The Bertz CT molecular complexity index is 336. The molecule has 82 valence electrons. The SMILES string of the molecule is Fc1cc(CCCNC2CC2)ccc1Cl. The van der Waals surface area contributed by atoms with Gasteiger partial charge in [0.2, 0.25) is 0 Å². The van der Waals surface area contributed by atoms with Gasteiger partial charge in [0.25, 0.3) is 0 Å². The molecule has 1 aliphatic rings. The Morgan fingerprint density at radius 1 is 1.40 bits per heavy atom. The van der Waals surface area contributed by atoms with Gasteiger partial charge in [0, 0.05) is 6.04 Å². The summed E-state index contributed by atoms with van der Waals surface area (Å²) in [7, 11) is 0. The topological polar surface area (TPSA) is 12.0 Å². The molecule has 0 amide bonds. The first kappa shape index (κ1) is 10.9. The lowest BCUT2D eigenvalue weighted by atomic mass is 10.1. The molecule has 0 aromatic heterocycles. The van der Waals surface area contributed by atoms with Gasteiger partial charge in [-0.2, -0.15) is 0 Å². The van der Waals surface area contributed by atoms with E-state index in [-0.39, 0.29) is 10.8 Å². The van der Waals surface area contributed by atoms with Crippen LogP contribution in [0.3, 0.4) is 0 Å². The molecule has 1 aliphatic carbocycles. The van der Waals surface area contributed by atoms with Crippen LogP contribution in [-0.2, 0) is 6.42 Å². The molecule has 0 aliphatic heterocycles. The van der Waals surface area contributed by atoms with Crippen LogP contribution in [0.15, 0.2) is 18.2 Å². The van der Waals surface area contributed by atoms with Gasteiger partial charge in [-0.15, -0.1) is 0 Å². The minimum Gasteiger partial charge on any atom is -0.314 e. The van der Waals surface area contributed by atoms with Gasteiger partial charge in [0.05, 0.1) is 5.02 Å². The lowest BCUT2D eigenvalue weighted by Crippen LogP contribution is -2.17. The fourth-order valence-corrected chi connectivity index (χ4v) is 1.70. The van der Waals surface area contributed by atoms with Crippen molar-refractivity contribution in [2.75, 3.05) is 6.54 Å². The third-order valence-corrected chi connectivity index (χ3v) is 2.94. The van der Waals surface area contributed by atoms with Gasteiger partial charge in [-0.25, -0.2) is 4.39 Å². The molecule has 3 heteroatoms. The van der Waals surface area contributed by atoms with E-state index in [4.69, 9.17) is 11.6 Å². The minimum atomic E-state index is -0.315. The zero-order valence-electron chi connectivity index (χ0n) is 8.60. The molecule has 0 unspecified atom stereocenters. The Balaban J connectivity index is 1.74. The number of hydrogen-bond donors (Lipinski definition) is 1. The molecule has 0 saturated heterocycles. The van der Waals surface area contributed by atoms with E-state index in [0.717, 1.165) is 31.0 Å². The van der Waals surface area contributed by atoms with Crippen LogP contribution in [0.2, 0.25) is 5.02 Å². The number of nitrogens with one attached hydrogen (secondary N) is 1. The van der Waals surface area contributed by atoms with Crippen molar-refractivity contribution >= 4 is 11.6 Å². The van der Waals surface area contributed by atoms with E-state index in [2.05, 4.69) is 5.32 Å². The standard InChI is InChI=1S/C12H15ClFN/c13-11-6-3-9(8-12(11)14)2-1-7-15-10-4-5-10/h3,6,8,10,15H,1-2,4-5,7H2. The molecular weight excluding hydrogens is 213 g/mol. The summed E-state index contributed by atoms with van der Waals surface area (Å²) in [5.41, 5.74) is 1.02. The molecule has 1 aromatic rings. The zero-order chi connectivity index (χ0) is 10.7. The second kappa shape index (κ2) is 4.95. The number of benzene rings is 1. The van der Waals surface area contributed by atoms with Gasteiger partial charge in [-0.05, 0) is 49.9 Å². The fourth-order valence-electron chi connectivity index (χ4n) is 1.58. The summed E-state index contributed by atoms with van der Waals surface area (Å²) >= 11 is 5.60. The quantitative estimate of drug-likeness (QED) is 0.762. The van der Waals surface area contributed by atoms with Crippen molar-refractivity contribution in [1.82, 2.24) is 5.32 Å². The van der Waals surface area contributed by atoms with E-state index in [1.54, 1.807) is 6.07 Å². The average molecular weight is 228 g/mol. The van der Waals surface area contributed by atoms with E-state index in [0.29, 0.717) is 0 Å². The molecule has 0 atom stereocenters. The predicted molar refractivity (Wildman–Crippen MR) is 60.8 cm³/mol. The number of rotatable bonds is 5. The van der Waals surface area contributed by atoms with Crippen LogP contribution < -0.4 is 5.32 Å². The Labute approximate surface area is 94.6 Å². The number of halogens is 2. The summed E-state index contributed by atoms with van der Waals surface area (Å²) in [5.74, 6) is -0.315. The van der Waals surface area contributed by atoms with Gasteiger partial charge in [0.15, 0.2) is 0 Å². The van der Waals surface area contributed by atoms with Crippen LogP contribution in [0.25, 0.3) is 0 Å². The molecule has 1 nitrogen and oxygen atoms in total. The van der Waals surface area contributed by atoms with E-state index in [9.17, 15) is 4.39 Å². The fraction of sp³-hybridized carbons (Fsp3) is 0.500. The maximum absolute atomic E-state index is 13.1. The Morgan fingerprint density at radius 3 is 2.87 bits per heavy atom. The van der Waals surface area contributed by atoms with Gasteiger partial charge >= 0.3 is 0 Å². The van der Waals surface area contributed by atoms with E-state index in [1.165, 1.54) is 18.9 Å². The van der Waals surface area contributed by atoms with Crippen molar-refractivity contribution in [3.8, 4) is 0 Å². The van der Waals surface area contributed by atoms with Crippen LogP contribution in [0, 0.1) is 5.82 Å². The lowest BCUT2D eigenvalue weighted by Gasteiger charge is -2.03. The minimum absolute atomic E-state index is 0.204. The summed E-state index contributed by atoms with van der Waals surface area (Å²) in [6.07, 6.45) is 4.59. The normalized spacial score (nSPS) is 15.6. The first-order valence-electron chi connectivity index (χ1n) is 5.43. The van der Waals surface area contributed by atoms with Gasteiger partial charge in [-0.3, -0.25) is 0 Å². The van der Waals surface area contributed by atoms with Crippen molar-refractivity contribution in [3.63, 3.8) is 0 Å². The molecule has 0 radical (unpaired) electrons. The van der Waals surface area contributed by atoms with Crippen molar-refractivity contribution in [2.45, 2.75) is 31.7 Å². The molecule has 0 bridgehead atoms. The molecule has 1 N–H and O–H groups in total. The zero-order valence-corrected chi connectivity index (χ0v) is 9.36. The smallest absolute Gasteiger partial charge is 0.142 e. The van der Waals surface area contributed by atoms with E-state index in [1.807, 2.05) is 6.07 Å². The highest BCUT2D eigenvalue weighted by Crippen LogP contribution is 2.19. The highest BCUT2D eigenvalue weighted by molar-refractivity contribution is 6.30. The number of aryl methyl sites for hydroxylation is 1. The lowest BCUT2D eigenvalue weighted by molar-refractivity contribution is 0.619. The van der Waals surface area contributed by atoms with Gasteiger partial charge in [-0.1, -0.05) is 17.7 Å². The molecule has 1 aromatic carbocycles. The van der Waals surface area contributed by atoms with Crippen LogP contribution in [0.1, 0.15) is 24.8 Å². The van der Waals surface area contributed by atoms with Crippen LogP contribution in [-0.4, -0.2) is 12.6 Å². The first-order chi connectivity index (χ1) is 7.25. The largest absolute Gasteiger partial charge is 0.314 e. The van der Waals surface area contributed by atoms with E-state index >= 15 is 0 Å². The Kier molecular flexibility index (Phi) is 3.60. The maximum Gasteiger partial charge on any atom is 0.142 e. The van der Waals surface area contributed by atoms with E-state index < -0.39 is 0 Å². The summed E-state index contributed by atoms with van der Waals surface area (Å²) < 4.78 is 13.1. The molecule has 0 spiro atoms. The molecule has 0 heterocycles. The average Bonchev–Trinajstić information content (AvgIpc) is 3.02. The predicted octanol–water partition coefficient (Wildman–Crippen LogP) is 3.16. The van der Waals surface area contributed by atoms with Crippen molar-refractivity contribution < 1.29 is 4.39 Å². The van der Waals surface area contributed by atoms with Crippen molar-refractivity contribution in [1.29, 1.82) is 0 Å². The Hall–Kier alpha value is -0.600. The maximum atomic E-state index is 13.1. The molecule has 2 rings (SSSR count). The summed E-state index contributed by atoms with van der Waals surface area (Å²) in [4.78, 5) is 0. The van der Waals surface area contributed by atoms with Crippen molar-refractivity contribution in [3.05, 3.63) is 34.6 Å². The highest BCUT2D eigenvalue weighted by atomic mass is 35.5. The molecule has 1 saturated carbocycles. The number of hydrogen-bond acceptors (Lipinski definition) is 1. The molecule has 1 fully saturated rings. The third-order valence-electron chi connectivity index (χ3n) is 2.64. The molecule has 15 heavy (non-hydrogen) atoms. The van der Waals surface area contributed by atoms with Crippen molar-refractivity contribution in [2.24, 2.45) is 0 Å². The van der Waals surface area contributed by atoms with Gasteiger partial charge in [0.1, 0.15) is 5.82 Å². The molecular formula is C12H15ClFN. The van der Waals surface area contributed by atoms with Gasteiger partial charge < -0.3 is 5.32 Å². The second-order valence-electron chi connectivity index (χ2n) is 4.08. The summed E-state index contributed by atoms with van der Waals surface area (Å²) in [6, 6.07) is 5.80. The monoisotopic (exact) mass is 227 g/mol. The Morgan fingerprint density at radius 2 is 2.20 bits per heavy atom. The first-order valence-corrected chi connectivity index (χ1v) is 5.81. The third kappa shape index (κ3) is 3.47. The van der Waals surface area contributed by atoms with Crippen LogP contribution in [0.4, 0.5) is 4.39 Å². The summed E-state index contributed by atoms with van der Waals surface area (Å²) in [5, 5.41) is 3.64.